The molecule has 24 heavy (non-hydrogen) atoms. The number of amides is 1. The van der Waals surface area contributed by atoms with E-state index in [9.17, 15) is 9.18 Å². The van der Waals surface area contributed by atoms with E-state index in [0.717, 1.165) is 36.3 Å². The molecule has 128 valence electrons. The number of fused-ring (bicyclic) bond motifs is 2. The number of halogens is 1. The molecule has 4 rings (SSSR count). The van der Waals surface area contributed by atoms with Gasteiger partial charge in [-0.25, -0.2) is 4.39 Å². The van der Waals surface area contributed by atoms with Gasteiger partial charge in [0.25, 0.3) is 5.91 Å². The number of aryl methyl sites for hydroxylation is 2. The standard InChI is InChI=1S/C18H23FN4O/c1-9-10(2)22-16-12(18(20)24)6-13(19)17(15(9)16)23-7-11-4-3-5-21-14(11)8-23/h6,11,14,21-22H,3-5,7-8H2,1-2H3,(H2,20,24). The van der Waals surface area contributed by atoms with Crippen molar-refractivity contribution in [2.75, 3.05) is 24.5 Å². The fourth-order valence-electron chi connectivity index (χ4n) is 4.34. The summed E-state index contributed by atoms with van der Waals surface area (Å²) in [5.41, 5.74) is 8.85. The van der Waals surface area contributed by atoms with Crippen molar-refractivity contribution in [3.05, 3.63) is 28.7 Å². The molecule has 2 aliphatic rings. The Kier molecular flexibility index (Phi) is 3.53. The smallest absolute Gasteiger partial charge is 0.250 e. The third kappa shape index (κ3) is 2.20. The average Bonchev–Trinajstić information content (AvgIpc) is 3.09. The molecular formula is C18H23FN4O. The highest BCUT2D eigenvalue weighted by Gasteiger charge is 2.36. The molecule has 1 amide bonds. The largest absolute Gasteiger partial charge is 0.367 e. The van der Waals surface area contributed by atoms with Crippen LogP contribution >= 0.6 is 0 Å². The molecule has 2 aliphatic heterocycles. The van der Waals surface area contributed by atoms with Gasteiger partial charge in [0, 0.05) is 30.2 Å². The third-order valence-corrected chi connectivity index (χ3v) is 5.68. The van der Waals surface area contributed by atoms with Crippen LogP contribution in [0.4, 0.5) is 10.1 Å². The Morgan fingerprint density at radius 2 is 2.17 bits per heavy atom. The number of H-pyrrole nitrogens is 1. The van der Waals surface area contributed by atoms with Crippen LogP contribution in [-0.4, -0.2) is 36.6 Å². The van der Waals surface area contributed by atoms with E-state index < -0.39 is 5.91 Å². The molecule has 5 nitrogen and oxygen atoms in total. The molecule has 1 aromatic carbocycles. The van der Waals surface area contributed by atoms with Crippen molar-refractivity contribution in [3.63, 3.8) is 0 Å². The lowest BCUT2D eigenvalue weighted by atomic mass is 9.94. The summed E-state index contributed by atoms with van der Waals surface area (Å²) in [6.45, 7) is 6.59. The normalized spacial score (nSPS) is 23.7. The van der Waals surface area contributed by atoms with Crippen LogP contribution in [0.25, 0.3) is 10.9 Å². The number of hydrogen-bond acceptors (Lipinski definition) is 3. The average molecular weight is 330 g/mol. The van der Waals surface area contributed by atoms with Gasteiger partial charge in [0.2, 0.25) is 0 Å². The summed E-state index contributed by atoms with van der Waals surface area (Å²) in [5.74, 6) is -0.412. The lowest BCUT2D eigenvalue weighted by molar-refractivity contribution is 0.100. The molecule has 4 N–H and O–H groups in total. The van der Waals surface area contributed by atoms with Gasteiger partial charge in [0.05, 0.1) is 16.8 Å². The number of hydrogen-bond donors (Lipinski definition) is 3. The zero-order chi connectivity index (χ0) is 17.0. The maximum Gasteiger partial charge on any atom is 0.250 e. The topological polar surface area (TPSA) is 74.2 Å². The lowest BCUT2D eigenvalue weighted by Gasteiger charge is -2.24. The first-order valence-electron chi connectivity index (χ1n) is 8.57. The predicted octanol–water partition coefficient (Wildman–Crippen LogP) is 2.21. The second kappa shape index (κ2) is 5.48. The minimum atomic E-state index is -0.608. The summed E-state index contributed by atoms with van der Waals surface area (Å²) in [5, 5.41) is 4.34. The highest BCUT2D eigenvalue weighted by atomic mass is 19.1. The summed E-state index contributed by atoms with van der Waals surface area (Å²) in [6.07, 6.45) is 2.36. The summed E-state index contributed by atoms with van der Waals surface area (Å²) >= 11 is 0. The van der Waals surface area contributed by atoms with Gasteiger partial charge in [-0.15, -0.1) is 0 Å². The van der Waals surface area contributed by atoms with E-state index in [0.29, 0.717) is 23.2 Å². The summed E-state index contributed by atoms with van der Waals surface area (Å²) in [6, 6.07) is 1.70. The molecule has 2 fully saturated rings. The maximum absolute atomic E-state index is 15.0. The number of carbonyl (C=O) groups excluding carboxylic acids is 1. The Morgan fingerprint density at radius 3 is 2.88 bits per heavy atom. The van der Waals surface area contributed by atoms with Crippen molar-refractivity contribution in [2.45, 2.75) is 32.7 Å². The van der Waals surface area contributed by atoms with Crippen LogP contribution in [0.5, 0.6) is 0 Å². The Labute approximate surface area is 140 Å². The van der Waals surface area contributed by atoms with Crippen molar-refractivity contribution in [1.29, 1.82) is 0 Å². The molecule has 2 aromatic rings. The van der Waals surface area contributed by atoms with Gasteiger partial charge in [0.1, 0.15) is 5.82 Å². The molecule has 0 aliphatic carbocycles. The molecule has 2 saturated heterocycles. The molecule has 6 heteroatoms. The molecule has 0 radical (unpaired) electrons. The first-order valence-corrected chi connectivity index (χ1v) is 8.57. The van der Waals surface area contributed by atoms with Gasteiger partial charge < -0.3 is 20.9 Å². The molecule has 0 bridgehead atoms. The van der Waals surface area contributed by atoms with E-state index in [4.69, 9.17) is 5.73 Å². The number of aromatic amines is 1. The van der Waals surface area contributed by atoms with Gasteiger partial charge in [-0.1, -0.05) is 0 Å². The number of piperidine rings is 1. The van der Waals surface area contributed by atoms with E-state index in [1.54, 1.807) is 0 Å². The van der Waals surface area contributed by atoms with Gasteiger partial charge in [-0.2, -0.15) is 0 Å². The second-order valence-corrected chi connectivity index (χ2v) is 7.11. The number of carbonyl (C=O) groups is 1. The maximum atomic E-state index is 15.0. The van der Waals surface area contributed by atoms with Crippen molar-refractivity contribution in [3.8, 4) is 0 Å². The number of nitrogens with zero attached hydrogens (tertiary/aromatic N) is 1. The van der Waals surface area contributed by atoms with Crippen LogP contribution < -0.4 is 16.0 Å². The number of nitrogens with two attached hydrogens (primary N) is 1. The molecule has 3 heterocycles. The van der Waals surface area contributed by atoms with Gasteiger partial charge in [-0.3, -0.25) is 4.79 Å². The molecule has 2 atom stereocenters. The zero-order valence-corrected chi connectivity index (χ0v) is 14.1. The summed E-state index contributed by atoms with van der Waals surface area (Å²) < 4.78 is 15.0. The van der Waals surface area contributed by atoms with E-state index in [2.05, 4.69) is 15.2 Å². The van der Waals surface area contributed by atoms with Crippen LogP contribution in [0, 0.1) is 25.6 Å². The van der Waals surface area contributed by atoms with Crippen molar-refractivity contribution in [2.24, 2.45) is 11.7 Å². The fraction of sp³-hybridized carbons (Fsp3) is 0.500. The summed E-state index contributed by atoms with van der Waals surface area (Å²) in [7, 11) is 0. The highest BCUT2D eigenvalue weighted by molar-refractivity contribution is 6.10. The van der Waals surface area contributed by atoms with Crippen LogP contribution in [0.3, 0.4) is 0 Å². The van der Waals surface area contributed by atoms with Crippen molar-refractivity contribution < 1.29 is 9.18 Å². The number of aromatic nitrogens is 1. The van der Waals surface area contributed by atoms with Crippen LogP contribution in [0.15, 0.2) is 6.07 Å². The number of anilines is 1. The number of benzene rings is 1. The minimum absolute atomic E-state index is 0.220. The van der Waals surface area contributed by atoms with E-state index in [1.807, 2.05) is 13.8 Å². The molecule has 0 spiro atoms. The molecule has 1 aromatic heterocycles. The Balaban J connectivity index is 1.88. The van der Waals surface area contributed by atoms with E-state index in [-0.39, 0.29) is 11.4 Å². The molecule has 0 saturated carbocycles. The molecule has 2 unspecified atom stereocenters. The first kappa shape index (κ1) is 15.4. The number of primary amides is 1. The highest BCUT2D eigenvalue weighted by Crippen LogP contribution is 2.39. The Hall–Kier alpha value is -2.08. The Morgan fingerprint density at radius 1 is 1.38 bits per heavy atom. The van der Waals surface area contributed by atoms with Gasteiger partial charge >= 0.3 is 0 Å². The van der Waals surface area contributed by atoms with Crippen LogP contribution in [0.2, 0.25) is 0 Å². The molecular weight excluding hydrogens is 307 g/mol. The van der Waals surface area contributed by atoms with Crippen molar-refractivity contribution >= 4 is 22.5 Å². The monoisotopic (exact) mass is 330 g/mol. The van der Waals surface area contributed by atoms with Gasteiger partial charge in [-0.05, 0) is 50.8 Å². The fourth-order valence-corrected chi connectivity index (χ4v) is 4.34. The second-order valence-electron chi connectivity index (χ2n) is 7.11. The van der Waals surface area contributed by atoms with Crippen LogP contribution in [0.1, 0.15) is 34.5 Å². The minimum Gasteiger partial charge on any atom is -0.367 e. The quantitative estimate of drug-likeness (QED) is 0.790. The Bertz CT molecular complexity index is 814. The van der Waals surface area contributed by atoms with E-state index >= 15 is 0 Å². The van der Waals surface area contributed by atoms with Crippen molar-refractivity contribution in [1.82, 2.24) is 10.3 Å². The first-order chi connectivity index (χ1) is 11.5. The number of nitrogens with one attached hydrogen (secondary N) is 2. The summed E-state index contributed by atoms with van der Waals surface area (Å²) in [4.78, 5) is 17.1. The van der Waals surface area contributed by atoms with Crippen LogP contribution in [-0.2, 0) is 0 Å². The SMILES string of the molecule is Cc1[nH]c2c(C(N)=O)cc(F)c(N3CC4CCCNC4C3)c2c1C. The predicted molar refractivity (Wildman–Crippen MR) is 93.0 cm³/mol. The third-order valence-electron chi connectivity index (χ3n) is 5.68. The van der Waals surface area contributed by atoms with E-state index in [1.165, 1.54) is 18.9 Å². The zero-order valence-electron chi connectivity index (χ0n) is 14.1. The number of rotatable bonds is 2. The lowest BCUT2D eigenvalue weighted by Crippen LogP contribution is -2.40. The van der Waals surface area contributed by atoms with Gasteiger partial charge in [0.15, 0.2) is 0 Å².